The van der Waals surface area contributed by atoms with Crippen LogP contribution in [0.2, 0.25) is 0 Å². The van der Waals surface area contributed by atoms with Gasteiger partial charge in [0.2, 0.25) is 0 Å². The van der Waals surface area contributed by atoms with E-state index in [0.717, 1.165) is 24.7 Å². The minimum absolute atomic E-state index is 0.0404. The quantitative estimate of drug-likeness (QED) is 0.827. The molecule has 1 aliphatic heterocycles. The minimum atomic E-state index is -0.485. The van der Waals surface area contributed by atoms with Gasteiger partial charge in [0, 0.05) is 32.4 Å². The van der Waals surface area contributed by atoms with E-state index in [1.54, 1.807) is 6.20 Å². The second-order valence-corrected chi connectivity index (χ2v) is 6.98. The number of carbonyl (C=O) groups is 1. The first-order chi connectivity index (χ1) is 12.5. The summed E-state index contributed by atoms with van der Waals surface area (Å²) in [7, 11) is 0. The van der Waals surface area contributed by atoms with Crippen LogP contribution in [0.1, 0.15) is 32.3 Å². The average molecular weight is 353 g/mol. The zero-order chi connectivity index (χ0) is 18.5. The van der Waals surface area contributed by atoms with Crippen molar-refractivity contribution in [3.8, 4) is 5.75 Å². The molecule has 26 heavy (non-hydrogen) atoms. The van der Waals surface area contributed by atoms with Crippen LogP contribution in [0.3, 0.4) is 0 Å². The third-order valence-electron chi connectivity index (χ3n) is 4.77. The van der Waals surface area contributed by atoms with Gasteiger partial charge in [-0.25, -0.2) is 4.98 Å². The van der Waals surface area contributed by atoms with Gasteiger partial charge in [-0.05, 0) is 42.7 Å². The summed E-state index contributed by atoms with van der Waals surface area (Å²) in [4.78, 5) is 21.2. The molecule has 1 atom stereocenters. The van der Waals surface area contributed by atoms with Crippen molar-refractivity contribution in [2.75, 3.05) is 31.1 Å². The van der Waals surface area contributed by atoms with Gasteiger partial charge in [0.05, 0.1) is 0 Å². The van der Waals surface area contributed by atoms with Crippen LogP contribution in [-0.4, -0.2) is 48.1 Å². The molecular weight excluding hydrogens is 326 g/mol. The van der Waals surface area contributed by atoms with Gasteiger partial charge in [0.15, 0.2) is 6.10 Å². The second kappa shape index (κ2) is 8.21. The summed E-state index contributed by atoms with van der Waals surface area (Å²) in [6.45, 7) is 9.10. The Kier molecular flexibility index (Phi) is 5.76. The molecular formula is C21H27N3O2. The molecule has 1 unspecified atom stereocenters. The molecule has 1 amide bonds. The maximum absolute atomic E-state index is 12.7. The highest BCUT2D eigenvalue weighted by atomic mass is 16.5. The van der Waals surface area contributed by atoms with E-state index in [9.17, 15) is 4.79 Å². The molecule has 1 aromatic carbocycles. The van der Waals surface area contributed by atoms with Gasteiger partial charge >= 0.3 is 0 Å². The summed E-state index contributed by atoms with van der Waals surface area (Å²) in [6, 6.07) is 13.9. The highest BCUT2D eigenvalue weighted by Gasteiger charge is 2.26. The standard InChI is InChI=1S/C21H27N3O2/c1-16(2)18-7-9-19(10-8-18)26-17(3)21(25)24-14-12-23(13-15-24)20-6-4-5-11-22-20/h4-11,16-17H,12-15H2,1-3H3. The Morgan fingerprint density at radius 1 is 1.00 bits per heavy atom. The number of hydrogen-bond acceptors (Lipinski definition) is 4. The largest absolute Gasteiger partial charge is 0.481 e. The third kappa shape index (κ3) is 4.34. The zero-order valence-corrected chi connectivity index (χ0v) is 15.8. The Morgan fingerprint density at radius 2 is 1.69 bits per heavy atom. The second-order valence-electron chi connectivity index (χ2n) is 6.98. The van der Waals surface area contributed by atoms with E-state index in [1.165, 1.54) is 5.56 Å². The van der Waals surface area contributed by atoms with Crippen LogP contribution in [0.4, 0.5) is 5.82 Å². The van der Waals surface area contributed by atoms with Crippen LogP contribution in [0, 0.1) is 0 Å². The highest BCUT2D eigenvalue weighted by molar-refractivity contribution is 5.81. The molecule has 1 saturated heterocycles. The lowest BCUT2D eigenvalue weighted by Crippen LogP contribution is -2.52. The van der Waals surface area contributed by atoms with E-state index < -0.39 is 6.10 Å². The molecule has 2 heterocycles. The van der Waals surface area contributed by atoms with Crippen molar-refractivity contribution in [3.05, 3.63) is 54.2 Å². The number of anilines is 1. The normalized spacial score (nSPS) is 15.8. The number of ether oxygens (including phenoxy) is 1. The molecule has 138 valence electrons. The Morgan fingerprint density at radius 3 is 2.27 bits per heavy atom. The number of piperazine rings is 1. The van der Waals surface area contributed by atoms with E-state index >= 15 is 0 Å². The van der Waals surface area contributed by atoms with Gasteiger partial charge in [-0.1, -0.05) is 32.0 Å². The average Bonchev–Trinajstić information content (AvgIpc) is 2.68. The van der Waals surface area contributed by atoms with E-state index in [-0.39, 0.29) is 5.91 Å². The molecule has 5 heteroatoms. The maximum atomic E-state index is 12.7. The lowest BCUT2D eigenvalue weighted by atomic mass is 10.0. The predicted octanol–water partition coefficient (Wildman–Crippen LogP) is 3.32. The SMILES string of the molecule is CC(Oc1ccc(C(C)C)cc1)C(=O)N1CCN(c2ccccn2)CC1. The fraction of sp³-hybridized carbons (Fsp3) is 0.429. The molecule has 1 aliphatic rings. The summed E-state index contributed by atoms with van der Waals surface area (Å²) in [6.07, 6.45) is 1.31. The summed E-state index contributed by atoms with van der Waals surface area (Å²) in [5.74, 6) is 2.23. The first-order valence-corrected chi connectivity index (χ1v) is 9.26. The van der Waals surface area contributed by atoms with Crippen molar-refractivity contribution in [3.63, 3.8) is 0 Å². The van der Waals surface area contributed by atoms with Gasteiger partial charge in [-0.15, -0.1) is 0 Å². The highest BCUT2D eigenvalue weighted by Crippen LogP contribution is 2.20. The van der Waals surface area contributed by atoms with E-state index in [4.69, 9.17) is 4.74 Å². The van der Waals surface area contributed by atoms with Crippen LogP contribution < -0.4 is 9.64 Å². The number of carbonyl (C=O) groups excluding carboxylic acids is 1. The molecule has 5 nitrogen and oxygen atoms in total. The fourth-order valence-corrected chi connectivity index (χ4v) is 3.14. The molecule has 0 spiro atoms. The Labute approximate surface area is 155 Å². The molecule has 3 rings (SSSR count). The Balaban J connectivity index is 1.53. The molecule has 1 fully saturated rings. The van der Waals surface area contributed by atoms with Gasteiger partial charge in [-0.3, -0.25) is 4.79 Å². The summed E-state index contributed by atoms with van der Waals surface area (Å²) in [5.41, 5.74) is 1.27. The van der Waals surface area contributed by atoms with Crippen molar-refractivity contribution in [2.24, 2.45) is 0 Å². The zero-order valence-electron chi connectivity index (χ0n) is 15.8. The van der Waals surface area contributed by atoms with E-state index in [1.807, 2.05) is 42.2 Å². The molecule has 0 aliphatic carbocycles. The molecule has 0 saturated carbocycles. The Hall–Kier alpha value is -2.56. The smallest absolute Gasteiger partial charge is 0.263 e. The number of pyridine rings is 1. The van der Waals surface area contributed by atoms with Gasteiger partial charge < -0.3 is 14.5 Å². The number of hydrogen-bond donors (Lipinski definition) is 0. The summed E-state index contributed by atoms with van der Waals surface area (Å²) in [5, 5.41) is 0. The molecule has 0 N–H and O–H groups in total. The topological polar surface area (TPSA) is 45.7 Å². The number of rotatable bonds is 5. The molecule has 2 aromatic rings. The maximum Gasteiger partial charge on any atom is 0.263 e. The monoisotopic (exact) mass is 353 g/mol. The summed E-state index contributed by atoms with van der Waals surface area (Å²) >= 11 is 0. The van der Waals surface area contributed by atoms with Gasteiger partial charge in [-0.2, -0.15) is 0 Å². The van der Waals surface area contributed by atoms with Gasteiger partial charge in [0.25, 0.3) is 5.91 Å². The van der Waals surface area contributed by atoms with E-state index in [2.05, 4.69) is 35.9 Å². The third-order valence-corrected chi connectivity index (χ3v) is 4.77. The first kappa shape index (κ1) is 18.2. The number of benzene rings is 1. The van der Waals surface area contributed by atoms with E-state index in [0.29, 0.717) is 19.0 Å². The number of nitrogens with zero attached hydrogens (tertiary/aromatic N) is 3. The van der Waals surface area contributed by atoms with Crippen LogP contribution >= 0.6 is 0 Å². The van der Waals surface area contributed by atoms with Crippen molar-refractivity contribution in [1.82, 2.24) is 9.88 Å². The number of amides is 1. The van der Waals surface area contributed by atoms with Crippen molar-refractivity contribution in [1.29, 1.82) is 0 Å². The number of aromatic nitrogens is 1. The van der Waals surface area contributed by atoms with Crippen LogP contribution in [0.25, 0.3) is 0 Å². The van der Waals surface area contributed by atoms with Crippen LogP contribution in [0.15, 0.2) is 48.7 Å². The lowest BCUT2D eigenvalue weighted by molar-refractivity contribution is -0.138. The van der Waals surface area contributed by atoms with Crippen LogP contribution in [-0.2, 0) is 4.79 Å². The Bertz CT molecular complexity index is 708. The fourth-order valence-electron chi connectivity index (χ4n) is 3.14. The van der Waals surface area contributed by atoms with Crippen molar-refractivity contribution in [2.45, 2.75) is 32.8 Å². The van der Waals surface area contributed by atoms with Crippen molar-refractivity contribution >= 4 is 11.7 Å². The summed E-state index contributed by atoms with van der Waals surface area (Å²) < 4.78 is 5.86. The molecule has 1 aromatic heterocycles. The predicted molar refractivity (Wildman–Crippen MR) is 104 cm³/mol. The van der Waals surface area contributed by atoms with Gasteiger partial charge in [0.1, 0.15) is 11.6 Å². The first-order valence-electron chi connectivity index (χ1n) is 9.26. The van der Waals surface area contributed by atoms with Crippen LogP contribution in [0.5, 0.6) is 5.75 Å². The minimum Gasteiger partial charge on any atom is -0.481 e. The molecule has 0 bridgehead atoms. The van der Waals surface area contributed by atoms with Crippen molar-refractivity contribution < 1.29 is 9.53 Å². The molecule has 0 radical (unpaired) electrons. The lowest BCUT2D eigenvalue weighted by Gasteiger charge is -2.36.